The highest BCUT2D eigenvalue weighted by Gasteiger charge is 2.54. The molecule has 2 aromatic rings. The van der Waals surface area contributed by atoms with Gasteiger partial charge in [0, 0.05) is 30.9 Å². The summed E-state index contributed by atoms with van der Waals surface area (Å²) in [7, 11) is 0. The third-order valence-corrected chi connectivity index (χ3v) is 7.07. The topological polar surface area (TPSA) is 48.4 Å². The molecule has 4 nitrogen and oxygen atoms in total. The van der Waals surface area contributed by atoms with Gasteiger partial charge in [0.1, 0.15) is 11.9 Å². The minimum absolute atomic E-state index is 0. The fraction of sp³-hybridized carbons (Fsp3) is 0.462. The van der Waals surface area contributed by atoms with E-state index in [9.17, 15) is 9.18 Å². The third-order valence-electron chi connectivity index (χ3n) is 7.07. The number of pyridine rings is 1. The van der Waals surface area contributed by atoms with Crippen molar-refractivity contribution in [1.29, 1.82) is 0 Å². The van der Waals surface area contributed by atoms with Gasteiger partial charge in [-0.1, -0.05) is 31.7 Å². The van der Waals surface area contributed by atoms with Gasteiger partial charge in [0.25, 0.3) is 0 Å². The molecule has 5 rings (SSSR count). The van der Waals surface area contributed by atoms with E-state index in [4.69, 9.17) is 9.47 Å². The molecular weight excluding hydrogens is 393 g/mol. The number of ether oxygens (including phenoxy) is 2. The zero-order valence-corrected chi connectivity index (χ0v) is 17.0. The Labute approximate surface area is 183 Å². The molecule has 1 saturated carbocycles. The Kier molecular flexibility index (Phi) is 6.24. The second-order valence-corrected chi connectivity index (χ2v) is 8.77. The van der Waals surface area contributed by atoms with E-state index in [-0.39, 0.29) is 43.1 Å². The maximum Gasteiger partial charge on any atom is 0.309 e. The summed E-state index contributed by atoms with van der Waals surface area (Å²) in [5, 5.41) is 0. The van der Waals surface area contributed by atoms with Crippen molar-refractivity contribution in [3.63, 3.8) is 0 Å². The van der Waals surface area contributed by atoms with Gasteiger partial charge in [0.2, 0.25) is 0 Å². The monoisotopic (exact) mass is 423 g/mol. The first-order chi connectivity index (χ1) is 14.6. The van der Waals surface area contributed by atoms with E-state index in [2.05, 4.69) is 17.1 Å². The van der Waals surface area contributed by atoms with Crippen molar-refractivity contribution in [1.82, 2.24) is 4.98 Å². The number of carbonyl (C=O) groups excluding carboxylic acids is 1. The molecule has 1 aliphatic carbocycles. The third kappa shape index (κ3) is 4.16. The zero-order chi connectivity index (χ0) is 20.7. The van der Waals surface area contributed by atoms with Crippen LogP contribution >= 0.6 is 0 Å². The fourth-order valence-electron chi connectivity index (χ4n) is 5.67. The molecule has 164 valence electrons. The smallest absolute Gasteiger partial charge is 0.309 e. The number of allylic oxidation sites excluding steroid dienone is 1. The van der Waals surface area contributed by atoms with Crippen LogP contribution in [0.15, 0.2) is 48.7 Å². The largest absolute Gasteiger partial charge is 0.462 e. The maximum atomic E-state index is 13.5. The number of esters is 1. The number of cyclic esters (lactones) is 1. The molecule has 2 aliphatic heterocycles. The van der Waals surface area contributed by atoms with Gasteiger partial charge in [-0.25, -0.2) is 4.39 Å². The number of fused-ring (bicyclic) bond motifs is 2. The number of benzene rings is 1. The second kappa shape index (κ2) is 8.91. The van der Waals surface area contributed by atoms with E-state index in [0.717, 1.165) is 42.9 Å². The van der Waals surface area contributed by atoms with Crippen molar-refractivity contribution in [2.45, 2.75) is 33.3 Å². The Bertz CT molecular complexity index is 957. The Morgan fingerprint density at radius 1 is 1.19 bits per heavy atom. The Balaban J connectivity index is 0.00000231. The number of nitrogens with zero attached hydrogens (tertiary/aromatic N) is 1. The van der Waals surface area contributed by atoms with Crippen LogP contribution in [0.1, 0.15) is 32.9 Å². The van der Waals surface area contributed by atoms with Gasteiger partial charge in [0.05, 0.1) is 11.6 Å². The zero-order valence-electron chi connectivity index (χ0n) is 17.0. The van der Waals surface area contributed by atoms with Crippen LogP contribution in [0.2, 0.25) is 0 Å². The van der Waals surface area contributed by atoms with E-state index < -0.39 is 0 Å². The predicted molar refractivity (Wildman–Crippen MR) is 118 cm³/mol. The lowest BCUT2D eigenvalue weighted by Gasteiger charge is -2.45. The highest BCUT2D eigenvalue weighted by Crippen LogP contribution is 2.51. The van der Waals surface area contributed by atoms with E-state index in [0.29, 0.717) is 11.8 Å². The molecule has 31 heavy (non-hydrogen) atoms. The molecule has 5 heteroatoms. The van der Waals surface area contributed by atoms with Gasteiger partial charge in [-0.3, -0.25) is 9.78 Å². The standard InChI is InChI=1S/C25H26FNO3.CH4/c1-15-24-22(21-9-10-29-14-18(21)12-23(24)25(28)30-15)8-7-20-6-5-17(13-27-20)16-3-2-4-19(26)11-16;/h2-8,11,13,15,18,21-24H,9-10,12,14H2,1H3;1H4/b8-7+;. The van der Waals surface area contributed by atoms with Crippen molar-refractivity contribution >= 4 is 12.0 Å². The summed E-state index contributed by atoms with van der Waals surface area (Å²) < 4.78 is 24.8. The average molecular weight is 424 g/mol. The molecule has 1 aromatic heterocycles. The van der Waals surface area contributed by atoms with Crippen LogP contribution in [0.4, 0.5) is 4.39 Å². The van der Waals surface area contributed by atoms with Crippen LogP contribution < -0.4 is 0 Å². The molecule has 0 N–H and O–H groups in total. The van der Waals surface area contributed by atoms with Gasteiger partial charge < -0.3 is 9.47 Å². The first kappa shape index (κ1) is 21.7. The lowest BCUT2D eigenvalue weighted by molar-refractivity contribution is -0.144. The highest BCUT2D eigenvalue weighted by molar-refractivity contribution is 5.75. The number of carbonyl (C=O) groups is 1. The van der Waals surface area contributed by atoms with Crippen molar-refractivity contribution in [2.24, 2.45) is 29.6 Å². The van der Waals surface area contributed by atoms with E-state index in [1.54, 1.807) is 12.3 Å². The Morgan fingerprint density at radius 3 is 2.84 bits per heavy atom. The van der Waals surface area contributed by atoms with Crippen LogP contribution in [0.5, 0.6) is 0 Å². The summed E-state index contributed by atoms with van der Waals surface area (Å²) in [6.45, 7) is 3.54. The minimum Gasteiger partial charge on any atom is -0.462 e. The molecule has 6 unspecified atom stereocenters. The summed E-state index contributed by atoms with van der Waals surface area (Å²) in [6, 6.07) is 10.5. The van der Waals surface area contributed by atoms with Crippen molar-refractivity contribution in [2.75, 3.05) is 13.2 Å². The molecule has 3 fully saturated rings. The average Bonchev–Trinajstić information content (AvgIpc) is 3.05. The quantitative estimate of drug-likeness (QED) is 0.621. The first-order valence-corrected chi connectivity index (χ1v) is 10.8. The molecule has 2 saturated heterocycles. The van der Waals surface area contributed by atoms with E-state index >= 15 is 0 Å². The Hall–Kier alpha value is -2.53. The number of rotatable bonds is 3. The number of hydrogen-bond acceptors (Lipinski definition) is 4. The summed E-state index contributed by atoms with van der Waals surface area (Å²) in [5.41, 5.74) is 2.56. The van der Waals surface area contributed by atoms with Gasteiger partial charge in [-0.05, 0) is 67.4 Å². The van der Waals surface area contributed by atoms with E-state index in [1.165, 1.54) is 12.1 Å². The van der Waals surface area contributed by atoms with Crippen LogP contribution in [0, 0.1) is 35.4 Å². The molecule has 3 aliphatic rings. The second-order valence-electron chi connectivity index (χ2n) is 8.77. The van der Waals surface area contributed by atoms with Crippen LogP contribution in [0.3, 0.4) is 0 Å². The van der Waals surface area contributed by atoms with Gasteiger partial charge in [-0.15, -0.1) is 0 Å². The van der Waals surface area contributed by atoms with Gasteiger partial charge in [0.15, 0.2) is 0 Å². The fourth-order valence-corrected chi connectivity index (χ4v) is 5.67. The molecule has 0 radical (unpaired) electrons. The van der Waals surface area contributed by atoms with Gasteiger partial charge >= 0.3 is 5.97 Å². The molecule has 0 bridgehead atoms. The lowest BCUT2D eigenvalue weighted by Crippen LogP contribution is -2.45. The van der Waals surface area contributed by atoms with E-state index in [1.807, 2.05) is 25.1 Å². The summed E-state index contributed by atoms with van der Waals surface area (Å²) in [5.74, 6) is 1.10. The summed E-state index contributed by atoms with van der Waals surface area (Å²) >= 11 is 0. The lowest BCUT2D eigenvalue weighted by atomic mass is 9.60. The van der Waals surface area contributed by atoms with Gasteiger partial charge in [-0.2, -0.15) is 0 Å². The van der Waals surface area contributed by atoms with Crippen molar-refractivity contribution in [3.8, 4) is 11.1 Å². The SMILES string of the molecule is C.CC1OC(=O)C2CC3COCCC3C(/C=C/c3ccc(-c4cccc(F)c4)cn3)C12. The number of halogens is 1. The summed E-state index contributed by atoms with van der Waals surface area (Å²) in [4.78, 5) is 16.9. The van der Waals surface area contributed by atoms with Crippen molar-refractivity contribution in [3.05, 3.63) is 60.2 Å². The number of aromatic nitrogens is 1. The van der Waals surface area contributed by atoms with Crippen molar-refractivity contribution < 1.29 is 18.7 Å². The minimum atomic E-state index is -0.253. The molecule has 0 spiro atoms. The van der Waals surface area contributed by atoms with Crippen LogP contribution in [0.25, 0.3) is 17.2 Å². The molecule has 3 heterocycles. The first-order valence-electron chi connectivity index (χ1n) is 10.8. The van der Waals surface area contributed by atoms with Crippen LogP contribution in [-0.4, -0.2) is 30.3 Å². The Morgan fingerprint density at radius 2 is 2.06 bits per heavy atom. The summed E-state index contributed by atoms with van der Waals surface area (Å²) in [6.07, 6.45) is 7.93. The molecule has 1 aromatic carbocycles. The normalized spacial score (nSPS) is 32.1. The maximum absolute atomic E-state index is 13.5. The highest BCUT2D eigenvalue weighted by atomic mass is 19.1. The van der Waals surface area contributed by atoms with Crippen LogP contribution in [-0.2, 0) is 14.3 Å². The number of hydrogen-bond donors (Lipinski definition) is 0. The molecular formula is C26H30FNO3. The predicted octanol–water partition coefficient (Wildman–Crippen LogP) is 5.39. The molecule has 6 atom stereocenters. The molecule has 0 amide bonds.